The molecule has 0 spiro atoms. The molecule has 0 atom stereocenters. The van der Waals surface area contributed by atoms with Gasteiger partial charge >= 0.3 is 0 Å². The quantitative estimate of drug-likeness (QED) is 0.801. The number of hydrogen-bond donors (Lipinski definition) is 1. The second-order valence-electron chi connectivity index (χ2n) is 5.78. The van der Waals surface area contributed by atoms with E-state index in [2.05, 4.69) is 5.32 Å². The Morgan fingerprint density at radius 3 is 2.78 bits per heavy atom. The monoisotopic (exact) mass is 316 g/mol. The van der Waals surface area contributed by atoms with Crippen molar-refractivity contribution in [1.29, 1.82) is 0 Å². The van der Waals surface area contributed by atoms with E-state index in [-0.39, 0.29) is 18.5 Å². The molecule has 4 rings (SSSR count). The Hall–Kier alpha value is -2.63. The largest absolute Gasteiger partial charge is 0.463 e. The molecule has 0 aliphatic heterocycles. The van der Waals surface area contributed by atoms with Gasteiger partial charge in [-0.1, -0.05) is 6.07 Å². The van der Waals surface area contributed by atoms with E-state index in [0.29, 0.717) is 16.8 Å². The number of carbonyl (C=O) groups is 1. The highest BCUT2D eigenvalue weighted by molar-refractivity contribution is 5.97. The minimum Gasteiger partial charge on any atom is -0.463 e. The fourth-order valence-corrected chi connectivity index (χ4v) is 2.64. The van der Waals surface area contributed by atoms with Crippen LogP contribution < -0.4 is 5.32 Å². The summed E-state index contributed by atoms with van der Waals surface area (Å²) in [6.07, 6.45) is 3.52. The van der Waals surface area contributed by atoms with Gasteiger partial charge in [0.1, 0.15) is 5.69 Å². The van der Waals surface area contributed by atoms with E-state index in [4.69, 9.17) is 4.42 Å². The van der Waals surface area contributed by atoms with Gasteiger partial charge in [-0.25, -0.2) is 8.78 Å². The molecule has 2 heterocycles. The summed E-state index contributed by atoms with van der Waals surface area (Å²) in [5, 5.41) is 2.93. The van der Waals surface area contributed by atoms with Crippen molar-refractivity contribution in [1.82, 2.24) is 9.88 Å². The van der Waals surface area contributed by atoms with Crippen molar-refractivity contribution in [3.05, 3.63) is 59.5 Å². The smallest absolute Gasteiger partial charge is 0.268 e. The summed E-state index contributed by atoms with van der Waals surface area (Å²) in [6, 6.07) is 7.40. The molecule has 6 heteroatoms. The molecule has 1 fully saturated rings. The molecule has 1 amide bonds. The van der Waals surface area contributed by atoms with Gasteiger partial charge in [0, 0.05) is 24.7 Å². The summed E-state index contributed by atoms with van der Waals surface area (Å²) >= 11 is 0. The van der Waals surface area contributed by atoms with Crippen LogP contribution in [-0.2, 0) is 6.54 Å². The standard InChI is InChI=1S/C17H14F2N2O2/c18-12-4-1-10(7-13(12)19)9-21-14-5-6-23-16(14)8-15(21)17(22)20-11-2-3-11/h1,4-8,11H,2-3,9H2,(H,20,22). The van der Waals surface area contributed by atoms with Gasteiger partial charge in [0.05, 0.1) is 11.8 Å². The molecule has 23 heavy (non-hydrogen) atoms. The first kappa shape index (κ1) is 14.0. The first-order chi connectivity index (χ1) is 11.1. The molecule has 0 unspecified atom stereocenters. The first-order valence-electron chi connectivity index (χ1n) is 7.43. The van der Waals surface area contributed by atoms with Gasteiger partial charge in [-0.05, 0) is 30.5 Å². The number of hydrogen-bond acceptors (Lipinski definition) is 2. The van der Waals surface area contributed by atoms with Crippen LogP contribution in [0.25, 0.3) is 11.1 Å². The zero-order valence-electron chi connectivity index (χ0n) is 12.2. The van der Waals surface area contributed by atoms with Crippen molar-refractivity contribution in [3.8, 4) is 0 Å². The Kier molecular flexibility index (Phi) is 3.18. The summed E-state index contributed by atoms with van der Waals surface area (Å²) in [7, 11) is 0. The third-order valence-electron chi connectivity index (χ3n) is 3.99. The first-order valence-corrected chi connectivity index (χ1v) is 7.43. The Balaban J connectivity index is 1.72. The number of furan rings is 1. The van der Waals surface area contributed by atoms with Crippen molar-refractivity contribution in [2.24, 2.45) is 0 Å². The summed E-state index contributed by atoms with van der Waals surface area (Å²) in [6.45, 7) is 0.258. The van der Waals surface area contributed by atoms with Crippen LogP contribution in [0.1, 0.15) is 28.9 Å². The highest BCUT2D eigenvalue weighted by Gasteiger charge is 2.26. The molecule has 0 bridgehead atoms. The zero-order chi connectivity index (χ0) is 16.0. The van der Waals surface area contributed by atoms with Gasteiger partial charge in [-0.15, -0.1) is 0 Å². The zero-order valence-corrected chi connectivity index (χ0v) is 12.2. The number of amides is 1. The normalized spacial score (nSPS) is 14.3. The lowest BCUT2D eigenvalue weighted by Gasteiger charge is -2.10. The molecule has 0 radical (unpaired) electrons. The maximum Gasteiger partial charge on any atom is 0.268 e. The molecule has 1 aliphatic carbocycles. The Bertz CT molecular complexity index is 893. The molecule has 1 aliphatic rings. The van der Waals surface area contributed by atoms with Gasteiger partial charge in [0.2, 0.25) is 0 Å². The number of benzene rings is 1. The fourth-order valence-electron chi connectivity index (χ4n) is 2.64. The third kappa shape index (κ3) is 2.60. The summed E-state index contributed by atoms with van der Waals surface area (Å²) in [5.74, 6) is -1.97. The lowest BCUT2D eigenvalue weighted by Crippen LogP contribution is -2.27. The number of rotatable bonds is 4. The Labute approximate surface area is 130 Å². The molecule has 4 nitrogen and oxygen atoms in total. The molecule has 118 valence electrons. The van der Waals surface area contributed by atoms with Crippen LogP contribution in [0.2, 0.25) is 0 Å². The van der Waals surface area contributed by atoms with Gasteiger partial charge < -0.3 is 14.3 Å². The van der Waals surface area contributed by atoms with Crippen LogP contribution in [0.4, 0.5) is 8.78 Å². The predicted molar refractivity (Wildman–Crippen MR) is 80.2 cm³/mol. The van der Waals surface area contributed by atoms with E-state index in [1.54, 1.807) is 16.7 Å². The second kappa shape index (κ2) is 5.22. The van der Waals surface area contributed by atoms with Crippen molar-refractivity contribution >= 4 is 17.0 Å². The second-order valence-corrected chi connectivity index (χ2v) is 5.78. The van der Waals surface area contributed by atoms with Crippen LogP contribution in [0.5, 0.6) is 0 Å². The highest BCUT2D eigenvalue weighted by Crippen LogP contribution is 2.25. The third-order valence-corrected chi connectivity index (χ3v) is 3.99. The average Bonchev–Trinajstić information content (AvgIpc) is 3.09. The Morgan fingerprint density at radius 2 is 2.04 bits per heavy atom. The molecular formula is C17H14F2N2O2. The maximum atomic E-state index is 13.4. The number of aromatic nitrogens is 1. The van der Waals surface area contributed by atoms with Crippen LogP contribution in [-0.4, -0.2) is 16.5 Å². The van der Waals surface area contributed by atoms with E-state index < -0.39 is 11.6 Å². The van der Waals surface area contributed by atoms with Gasteiger partial charge in [-0.3, -0.25) is 4.79 Å². The lowest BCUT2D eigenvalue weighted by atomic mass is 10.2. The molecule has 1 saturated carbocycles. The number of halogens is 2. The number of nitrogens with one attached hydrogen (secondary N) is 1. The highest BCUT2D eigenvalue weighted by atomic mass is 19.2. The van der Waals surface area contributed by atoms with Crippen molar-refractivity contribution < 1.29 is 18.0 Å². The van der Waals surface area contributed by atoms with Gasteiger partial charge in [-0.2, -0.15) is 0 Å². The van der Waals surface area contributed by atoms with E-state index >= 15 is 0 Å². The lowest BCUT2D eigenvalue weighted by molar-refractivity contribution is 0.0942. The van der Waals surface area contributed by atoms with Gasteiger partial charge in [0.25, 0.3) is 5.91 Å². The molecule has 1 aromatic carbocycles. The van der Waals surface area contributed by atoms with E-state index in [9.17, 15) is 13.6 Å². The van der Waals surface area contributed by atoms with Crippen molar-refractivity contribution in [3.63, 3.8) is 0 Å². The maximum absolute atomic E-state index is 13.4. The minimum atomic E-state index is -0.901. The van der Waals surface area contributed by atoms with E-state index in [1.165, 1.54) is 12.3 Å². The number of nitrogens with zero attached hydrogens (tertiary/aromatic N) is 1. The van der Waals surface area contributed by atoms with Crippen LogP contribution in [0.15, 0.2) is 41.0 Å². The fraction of sp³-hybridized carbons (Fsp3) is 0.235. The van der Waals surface area contributed by atoms with Crippen LogP contribution in [0.3, 0.4) is 0 Å². The average molecular weight is 316 g/mol. The SMILES string of the molecule is O=C(NC1CC1)c1cc2occc2n1Cc1ccc(F)c(F)c1. The number of fused-ring (bicyclic) bond motifs is 1. The minimum absolute atomic E-state index is 0.179. The number of carbonyl (C=O) groups excluding carboxylic acids is 1. The molecule has 1 N–H and O–H groups in total. The van der Waals surface area contributed by atoms with E-state index in [0.717, 1.165) is 30.5 Å². The topological polar surface area (TPSA) is 47.2 Å². The van der Waals surface area contributed by atoms with E-state index in [1.807, 2.05) is 0 Å². The summed E-state index contributed by atoms with van der Waals surface area (Å²) in [5.41, 5.74) is 2.36. The van der Waals surface area contributed by atoms with Crippen LogP contribution >= 0.6 is 0 Å². The van der Waals surface area contributed by atoms with Crippen molar-refractivity contribution in [2.45, 2.75) is 25.4 Å². The Morgan fingerprint density at radius 1 is 1.22 bits per heavy atom. The summed E-state index contributed by atoms with van der Waals surface area (Å²) < 4.78 is 33.6. The van der Waals surface area contributed by atoms with Crippen molar-refractivity contribution in [2.75, 3.05) is 0 Å². The molecule has 2 aromatic heterocycles. The van der Waals surface area contributed by atoms with Gasteiger partial charge in [0.15, 0.2) is 17.2 Å². The molecule has 0 saturated heterocycles. The molecule has 3 aromatic rings. The summed E-state index contributed by atoms with van der Waals surface area (Å²) in [4.78, 5) is 12.4. The van der Waals surface area contributed by atoms with Crippen LogP contribution in [0, 0.1) is 11.6 Å². The molecular weight excluding hydrogens is 302 g/mol. The predicted octanol–water partition coefficient (Wildman–Crippen LogP) is 3.45.